The van der Waals surface area contributed by atoms with E-state index >= 15 is 0 Å². The number of halogens is 1. The van der Waals surface area contributed by atoms with E-state index in [2.05, 4.69) is 0 Å². The molecule has 192 valence electrons. The molecule has 17 heteroatoms. The van der Waals surface area contributed by atoms with Crippen molar-refractivity contribution in [2.45, 2.75) is 9.79 Å². The lowest BCUT2D eigenvalue weighted by atomic mass is 10.3. The SMILES string of the molecule is CS(=O)(=O)c1ccccc1[N+](=O)[O-].Nc1ccccc1[N+](=O)[O-].O=[N+]([O-])c1ccccc1S(=O)(=O)Cl. The van der Waals surface area contributed by atoms with E-state index in [0.29, 0.717) is 0 Å². The van der Waals surface area contributed by atoms with Crippen LogP contribution in [0.2, 0.25) is 0 Å². The van der Waals surface area contributed by atoms with Gasteiger partial charge in [0.25, 0.3) is 26.1 Å². The molecular formula is C19H17ClN4O10S2. The van der Waals surface area contributed by atoms with Crippen molar-refractivity contribution in [3.8, 4) is 0 Å². The summed E-state index contributed by atoms with van der Waals surface area (Å²) in [5.74, 6) is 0. The highest BCUT2D eigenvalue weighted by molar-refractivity contribution is 8.13. The van der Waals surface area contributed by atoms with Gasteiger partial charge in [-0.3, -0.25) is 30.3 Å². The molecule has 3 aromatic rings. The molecule has 3 aromatic carbocycles. The highest BCUT2D eigenvalue weighted by Gasteiger charge is 2.22. The van der Waals surface area contributed by atoms with E-state index in [1.54, 1.807) is 12.1 Å². The van der Waals surface area contributed by atoms with Crippen LogP contribution >= 0.6 is 10.7 Å². The zero-order chi connectivity index (χ0) is 27.7. The molecule has 0 atom stereocenters. The summed E-state index contributed by atoms with van der Waals surface area (Å²) >= 11 is 0. The zero-order valence-electron chi connectivity index (χ0n) is 18.1. The summed E-state index contributed by atoms with van der Waals surface area (Å²) < 4.78 is 43.7. The smallest absolute Gasteiger partial charge is 0.292 e. The number of nitrogens with zero attached hydrogens (tertiary/aromatic N) is 3. The predicted molar refractivity (Wildman–Crippen MR) is 130 cm³/mol. The minimum atomic E-state index is -4.05. The summed E-state index contributed by atoms with van der Waals surface area (Å²) in [5, 5.41) is 30.9. The number of para-hydroxylation sites is 4. The second-order valence-electron chi connectivity index (χ2n) is 6.48. The van der Waals surface area contributed by atoms with E-state index in [1.165, 1.54) is 42.5 Å². The third-order valence-electron chi connectivity index (χ3n) is 3.92. The third-order valence-corrected chi connectivity index (χ3v) is 6.43. The molecule has 0 fully saturated rings. The van der Waals surface area contributed by atoms with Crippen molar-refractivity contribution in [1.29, 1.82) is 0 Å². The van der Waals surface area contributed by atoms with Crippen LogP contribution in [-0.4, -0.2) is 37.9 Å². The Hall–Kier alpha value is -4.15. The molecule has 14 nitrogen and oxygen atoms in total. The Morgan fingerprint density at radius 1 is 0.639 bits per heavy atom. The highest BCUT2D eigenvalue weighted by atomic mass is 35.7. The van der Waals surface area contributed by atoms with Crippen LogP contribution in [0.3, 0.4) is 0 Å². The Morgan fingerprint density at radius 3 is 1.25 bits per heavy atom. The van der Waals surface area contributed by atoms with Crippen molar-refractivity contribution < 1.29 is 31.6 Å². The van der Waals surface area contributed by atoms with E-state index in [4.69, 9.17) is 16.4 Å². The zero-order valence-corrected chi connectivity index (χ0v) is 20.5. The van der Waals surface area contributed by atoms with E-state index in [0.717, 1.165) is 24.5 Å². The van der Waals surface area contributed by atoms with Crippen molar-refractivity contribution in [2.75, 3.05) is 12.0 Å². The molecule has 0 aliphatic heterocycles. The Morgan fingerprint density at radius 2 is 0.972 bits per heavy atom. The number of hydrogen-bond acceptors (Lipinski definition) is 11. The Labute approximate surface area is 208 Å². The molecule has 0 heterocycles. The molecule has 3 rings (SSSR count). The summed E-state index contributed by atoms with van der Waals surface area (Å²) in [6.07, 6.45) is 0.940. The molecule has 0 bridgehead atoms. The van der Waals surface area contributed by atoms with Gasteiger partial charge < -0.3 is 5.73 Å². The fourth-order valence-corrected chi connectivity index (χ4v) is 4.26. The van der Waals surface area contributed by atoms with Crippen molar-refractivity contribution >= 4 is 52.3 Å². The number of rotatable bonds is 5. The highest BCUT2D eigenvalue weighted by Crippen LogP contribution is 2.25. The minimum absolute atomic E-state index is 0.0394. The van der Waals surface area contributed by atoms with E-state index in [9.17, 15) is 47.2 Å². The number of nitro benzene ring substituents is 3. The van der Waals surface area contributed by atoms with Crippen molar-refractivity contribution in [3.05, 3.63) is 103 Å². The number of nitrogen functional groups attached to an aromatic ring is 1. The Balaban J connectivity index is 0.000000273. The lowest BCUT2D eigenvalue weighted by Gasteiger charge is -1.98. The van der Waals surface area contributed by atoms with E-state index in [1.807, 2.05) is 0 Å². The topological polar surface area (TPSA) is 224 Å². The van der Waals surface area contributed by atoms with Gasteiger partial charge in [-0.2, -0.15) is 0 Å². The van der Waals surface area contributed by atoms with Crippen LogP contribution in [0, 0.1) is 30.3 Å². The average molecular weight is 561 g/mol. The first-order chi connectivity index (χ1) is 16.6. The van der Waals surface area contributed by atoms with Gasteiger partial charge in [-0.25, -0.2) is 16.8 Å². The van der Waals surface area contributed by atoms with Crippen LogP contribution in [0.5, 0.6) is 0 Å². The number of nitrogens with two attached hydrogens (primary N) is 1. The summed E-state index contributed by atoms with van der Waals surface area (Å²) in [5.41, 5.74) is 4.54. The van der Waals surface area contributed by atoms with Gasteiger partial charge in [-0.05, 0) is 18.2 Å². The van der Waals surface area contributed by atoms with Crippen molar-refractivity contribution in [1.82, 2.24) is 0 Å². The molecule has 36 heavy (non-hydrogen) atoms. The Bertz CT molecular complexity index is 1410. The van der Waals surface area contributed by atoms with Crippen LogP contribution in [0.1, 0.15) is 0 Å². The van der Waals surface area contributed by atoms with Crippen LogP contribution in [0.4, 0.5) is 22.7 Å². The standard InChI is InChI=1S/C7H7NO4S.C6H4ClNO4S.C6H6N2O2/c1-13(11,12)7-5-3-2-4-6(7)8(9)10;7-13(11,12)6-4-2-1-3-5(6)8(9)10;7-5-3-1-2-4-6(5)8(9)10/h2-5H,1H3;1-4H;1-4H,7H2. The van der Waals surface area contributed by atoms with E-state index in [-0.39, 0.29) is 22.0 Å². The molecule has 2 N–H and O–H groups in total. The Kier molecular flexibility index (Phi) is 10.4. The molecular weight excluding hydrogens is 544 g/mol. The second-order valence-corrected chi connectivity index (χ2v) is 11.0. The lowest BCUT2D eigenvalue weighted by Crippen LogP contribution is -2.01. The normalized spacial score (nSPS) is 10.6. The molecule has 0 amide bonds. The largest absolute Gasteiger partial charge is 0.393 e. The van der Waals surface area contributed by atoms with Gasteiger partial charge in [0.1, 0.15) is 10.6 Å². The van der Waals surface area contributed by atoms with Gasteiger partial charge in [0.15, 0.2) is 14.7 Å². The molecule has 0 aromatic heterocycles. The van der Waals surface area contributed by atoms with Gasteiger partial charge >= 0.3 is 0 Å². The number of nitro groups is 3. The van der Waals surface area contributed by atoms with Crippen LogP contribution in [0.15, 0.2) is 82.6 Å². The summed E-state index contributed by atoms with van der Waals surface area (Å²) in [4.78, 5) is 28.2. The first-order valence-electron chi connectivity index (χ1n) is 9.17. The molecule has 0 unspecified atom stereocenters. The molecule has 0 saturated carbocycles. The lowest BCUT2D eigenvalue weighted by molar-refractivity contribution is -0.388. The fraction of sp³-hybridized carbons (Fsp3) is 0.0526. The van der Waals surface area contributed by atoms with Crippen molar-refractivity contribution in [3.63, 3.8) is 0 Å². The van der Waals surface area contributed by atoms with Crippen LogP contribution < -0.4 is 5.73 Å². The first-order valence-corrected chi connectivity index (χ1v) is 13.4. The van der Waals surface area contributed by atoms with Gasteiger partial charge in [0, 0.05) is 35.1 Å². The average Bonchev–Trinajstić information content (AvgIpc) is 2.79. The summed E-state index contributed by atoms with van der Waals surface area (Å²) in [6.45, 7) is 0. The fourth-order valence-electron chi connectivity index (χ4n) is 2.39. The molecule has 0 radical (unpaired) electrons. The first kappa shape index (κ1) is 29.9. The molecule has 0 spiro atoms. The maximum Gasteiger partial charge on any atom is 0.292 e. The quantitative estimate of drug-likeness (QED) is 0.205. The number of sulfone groups is 1. The number of hydrogen-bond donors (Lipinski definition) is 1. The van der Waals surface area contributed by atoms with E-state index < -0.39 is 44.2 Å². The molecule has 0 saturated heterocycles. The predicted octanol–water partition coefficient (Wildman–Crippen LogP) is 3.70. The third kappa shape index (κ3) is 8.90. The molecule has 0 aliphatic carbocycles. The monoisotopic (exact) mass is 560 g/mol. The summed E-state index contributed by atoms with van der Waals surface area (Å²) in [7, 11) is -2.59. The van der Waals surface area contributed by atoms with Crippen LogP contribution in [0.25, 0.3) is 0 Å². The number of anilines is 1. The maximum atomic E-state index is 11.1. The van der Waals surface area contributed by atoms with Gasteiger partial charge in [0.2, 0.25) is 0 Å². The maximum absolute atomic E-state index is 11.1. The van der Waals surface area contributed by atoms with Crippen LogP contribution in [-0.2, 0) is 18.9 Å². The van der Waals surface area contributed by atoms with Gasteiger partial charge in [0.05, 0.1) is 14.8 Å². The molecule has 0 aliphatic rings. The van der Waals surface area contributed by atoms with Gasteiger partial charge in [-0.1, -0.05) is 36.4 Å². The number of benzene rings is 3. The van der Waals surface area contributed by atoms with Crippen molar-refractivity contribution in [2.24, 2.45) is 0 Å². The van der Waals surface area contributed by atoms with Gasteiger partial charge in [-0.15, -0.1) is 0 Å². The second kappa shape index (κ2) is 12.5. The minimum Gasteiger partial charge on any atom is -0.393 e. The summed E-state index contributed by atoms with van der Waals surface area (Å²) in [6, 6.07) is 16.2.